The van der Waals surface area contributed by atoms with Crippen molar-refractivity contribution in [3.05, 3.63) is 40.3 Å². The van der Waals surface area contributed by atoms with Crippen LogP contribution in [0.2, 0.25) is 0 Å². The summed E-state index contributed by atoms with van der Waals surface area (Å²) in [7, 11) is 0. The van der Waals surface area contributed by atoms with E-state index in [1.165, 1.54) is 12.1 Å². The lowest BCUT2D eigenvalue weighted by atomic mass is 10.1. The molecule has 0 aliphatic carbocycles. The molecule has 5 nitrogen and oxygen atoms in total. The summed E-state index contributed by atoms with van der Waals surface area (Å²) in [4.78, 5) is 20.2. The van der Waals surface area contributed by atoms with Crippen molar-refractivity contribution >= 4 is 5.97 Å². The summed E-state index contributed by atoms with van der Waals surface area (Å²) in [5.41, 5.74) is 3.51. The van der Waals surface area contributed by atoms with Gasteiger partial charge in [0.25, 0.3) is 0 Å². The third kappa shape index (κ3) is 2.85. The van der Waals surface area contributed by atoms with Gasteiger partial charge in [0.1, 0.15) is 0 Å². The van der Waals surface area contributed by atoms with E-state index in [1.54, 1.807) is 12.1 Å². The van der Waals surface area contributed by atoms with Crippen molar-refractivity contribution in [1.29, 1.82) is 0 Å². The van der Waals surface area contributed by atoms with E-state index in [1.807, 2.05) is 0 Å². The van der Waals surface area contributed by atoms with E-state index >= 15 is 0 Å². The van der Waals surface area contributed by atoms with E-state index in [9.17, 15) is 9.70 Å². The van der Waals surface area contributed by atoms with Gasteiger partial charge in [0.15, 0.2) is 0 Å². The number of nitrogens with zero attached hydrogens (tertiary/aromatic N) is 1. The van der Waals surface area contributed by atoms with Crippen molar-refractivity contribution in [2.45, 2.75) is 6.42 Å². The number of rotatable bonds is 5. The number of hydrogen-bond acceptors (Lipinski definition) is 3. The van der Waals surface area contributed by atoms with Crippen molar-refractivity contribution in [3.8, 4) is 0 Å². The number of carbonyl (C=O) groups is 1. The molecule has 1 aromatic carbocycles. The molecule has 0 bridgehead atoms. The van der Waals surface area contributed by atoms with Gasteiger partial charge in [0.2, 0.25) is 0 Å². The Labute approximate surface area is 80.7 Å². The fourth-order valence-electron chi connectivity index (χ4n) is 1.06. The first-order valence-corrected chi connectivity index (χ1v) is 4.11. The number of benzene rings is 1. The van der Waals surface area contributed by atoms with E-state index in [4.69, 9.17) is 5.11 Å². The molecule has 1 rings (SSSR count). The molecule has 74 valence electrons. The topological polar surface area (TPSA) is 78.8 Å². The second-order valence-corrected chi connectivity index (χ2v) is 2.75. The van der Waals surface area contributed by atoms with Gasteiger partial charge in [-0.3, -0.25) is 5.43 Å². The maximum atomic E-state index is 10.5. The van der Waals surface area contributed by atoms with Crippen LogP contribution in [0.3, 0.4) is 0 Å². The lowest BCUT2D eigenvalue weighted by Gasteiger charge is -2.00. The second-order valence-electron chi connectivity index (χ2n) is 2.75. The average Bonchev–Trinajstić information content (AvgIpc) is 2.19. The number of hydrogen-bond donors (Lipinski definition) is 2. The molecule has 0 heterocycles. The Bertz CT molecular complexity index is 321. The third-order valence-corrected chi connectivity index (χ3v) is 1.79. The lowest BCUT2D eigenvalue weighted by molar-refractivity contribution is 0.0697. The molecular formula is C9H10N2O3. The molecule has 0 spiro atoms. The molecule has 0 amide bonds. The zero-order valence-electron chi connectivity index (χ0n) is 7.43. The number of aromatic carboxylic acids is 1. The minimum absolute atomic E-state index is 0.259. The molecule has 0 unspecified atom stereocenters. The smallest absolute Gasteiger partial charge is 0.335 e. The Balaban J connectivity index is 2.55. The predicted molar refractivity (Wildman–Crippen MR) is 50.9 cm³/mol. The third-order valence-electron chi connectivity index (χ3n) is 1.79. The van der Waals surface area contributed by atoms with E-state index in [-0.39, 0.29) is 5.56 Å². The van der Waals surface area contributed by atoms with Gasteiger partial charge in [-0.1, -0.05) is 12.1 Å². The lowest BCUT2D eigenvalue weighted by Crippen LogP contribution is -2.08. The van der Waals surface area contributed by atoms with Crippen LogP contribution in [0, 0.1) is 4.91 Å². The summed E-state index contributed by atoms with van der Waals surface area (Å²) >= 11 is 0. The molecule has 1 aromatic rings. The molecule has 0 aliphatic heterocycles. The molecule has 0 aliphatic rings. The normalized spacial score (nSPS) is 9.43. The minimum Gasteiger partial charge on any atom is -0.478 e. The molecule has 0 atom stereocenters. The largest absolute Gasteiger partial charge is 0.478 e. The van der Waals surface area contributed by atoms with Crippen LogP contribution >= 0.6 is 0 Å². The van der Waals surface area contributed by atoms with Crippen molar-refractivity contribution in [1.82, 2.24) is 5.43 Å². The average molecular weight is 194 g/mol. The molecule has 14 heavy (non-hydrogen) atoms. The van der Waals surface area contributed by atoms with Gasteiger partial charge in [-0.15, -0.1) is 4.91 Å². The summed E-state index contributed by atoms with van der Waals surface area (Å²) in [5, 5.41) is 11.1. The van der Waals surface area contributed by atoms with E-state index in [2.05, 4.69) is 10.7 Å². The van der Waals surface area contributed by atoms with Gasteiger partial charge in [-0.25, -0.2) is 4.79 Å². The van der Waals surface area contributed by atoms with Crippen molar-refractivity contribution < 1.29 is 9.90 Å². The highest BCUT2D eigenvalue weighted by atomic mass is 16.4. The molecular weight excluding hydrogens is 184 g/mol. The van der Waals surface area contributed by atoms with Gasteiger partial charge >= 0.3 is 5.97 Å². The Kier molecular flexibility index (Phi) is 3.60. The van der Waals surface area contributed by atoms with Crippen LogP contribution in [-0.4, -0.2) is 17.6 Å². The van der Waals surface area contributed by atoms with Crippen molar-refractivity contribution in [2.75, 3.05) is 6.54 Å². The Morgan fingerprint density at radius 2 is 2.00 bits per heavy atom. The maximum absolute atomic E-state index is 10.5. The van der Waals surface area contributed by atoms with E-state index in [0.29, 0.717) is 13.0 Å². The maximum Gasteiger partial charge on any atom is 0.335 e. The first-order chi connectivity index (χ1) is 6.74. The van der Waals surface area contributed by atoms with Gasteiger partial charge in [-0.2, -0.15) is 0 Å². The molecule has 2 N–H and O–H groups in total. The Morgan fingerprint density at radius 1 is 1.36 bits per heavy atom. The predicted octanol–water partition coefficient (Wildman–Crippen LogP) is 1.20. The van der Waals surface area contributed by atoms with Crippen LogP contribution in [0.4, 0.5) is 0 Å². The molecule has 0 fully saturated rings. The highest BCUT2D eigenvalue weighted by molar-refractivity contribution is 5.87. The first kappa shape index (κ1) is 10.2. The Hall–Kier alpha value is -1.91. The van der Waals surface area contributed by atoms with Gasteiger partial charge < -0.3 is 5.11 Å². The van der Waals surface area contributed by atoms with Crippen molar-refractivity contribution in [2.24, 2.45) is 5.29 Å². The second kappa shape index (κ2) is 4.96. The number of carboxylic acid groups (broad SMARTS) is 1. The SMILES string of the molecule is O=NNCCc1ccc(C(=O)O)cc1. The van der Waals surface area contributed by atoms with Crippen LogP contribution < -0.4 is 5.43 Å². The number of nitrogens with one attached hydrogen (secondary N) is 1. The number of nitroso groups, excluding NO2 is 1. The van der Waals surface area contributed by atoms with Gasteiger partial charge in [0, 0.05) is 11.8 Å². The van der Waals surface area contributed by atoms with Gasteiger partial charge in [-0.05, 0) is 24.1 Å². The highest BCUT2D eigenvalue weighted by Crippen LogP contribution is 2.04. The zero-order valence-corrected chi connectivity index (χ0v) is 7.43. The van der Waals surface area contributed by atoms with Crippen LogP contribution in [0.15, 0.2) is 29.6 Å². The molecule has 5 heteroatoms. The fraction of sp³-hybridized carbons (Fsp3) is 0.222. The van der Waals surface area contributed by atoms with E-state index in [0.717, 1.165) is 5.56 Å². The molecule has 0 aromatic heterocycles. The molecule has 0 radical (unpaired) electrons. The van der Waals surface area contributed by atoms with Crippen molar-refractivity contribution in [3.63, 3.8) is 0 Å². The summed E-state index contributed by atoms with van der Waals surface area (Å²) in [6.07, 6.45) is 0.644. The van der Waals surface area contributed by atoms with Crippen LogP contribution in [0.1, 0.15) is 15.9 Å². The van der Waals surface area contributed by atoms with Gasteiger partial charge in [0.05, 0.1) is 5.56 Å². The minimum atomic E-state index is -0.941. The summed E-state index contributed by atoms with van der Waals surface area (Å²) < 4.78 is 0. The van der Waals surface area contributed by atoms with Crippen LogP contribution in [0.5, 0.6) is 0 Å². The monoisotopic (exact) mass is 194 g/mol. The molecule has 0 saturated carbocycles. The first-order valence-electron chi connectivity index (χ1n) is 4.11. The fourth-order valence-corrected chi connectivity index (χ4v) is 1.06. The van der Waals surface area contributed by atoms with E-state index < -0.39 is 5.97 Å². The standard InChI is InChI=1S/C9H10N2O3/c12-9(13)8-3-1-7(2-4-8)5-6-10-11-14/h1-4H,5-6H2,(H,10,14)(H,12,13). The summed E-state index contributed by atoms with van der Waals surface area (Å²) in [5.74, 6) is -0.941. The Morgan fingerprint density at radius 3 is 2.50 bits per heavy atom. The zero-order chi connectivity index (χ0) is 10.4. The summed E-state index contributed by atoms with van der Waals surface area (Å²) in [6.45, 7) is 0.454. The highest BCUT2D eigenvalue weighted by Gasteiger charge is 2.00. The van der Waals surface area contributed by atoms with Crippen LogP contribution in [0.25, 0.3) is 0 Å². The summed E-state index contributed by atoms with van der Waals surface area (Å²) in [6, 6.07) is 6.50. The van der Waals surface area contributed by atoms with Crippen LogP contribution in [-0.2, 0) is 6.42 Å². The quantitative estimate of drug-likeness (QED) is 0.419. The molecule has 0 saturated heterocycles. The number of carboxylic acids is 1.